The number of anilines is 1. The Morgan fingerprint density at radius 3 is 2.94 bits per heavy atom. The monoisotopic (exact) mass is 238 g/mol. The summed E-state index contributed by atoms with van der Waals surface area (Å²) in [5.74, 6) is 0. The highest BCUT2D eigenvalue weighted by Crippen LogP contribution is 2.19. The first-order valence-corrected chi connectivity index (χ1v) is 5.60. The van der Waals surface area contributed by atoms with Crippen molar-refractivity contribution in [2.24, 2.45) is 0 Å². The van der Waals surface area contributed by atoms with Crippen molar-refractivity contribution >= 4 is 17.3 Å². The van der Waals surface area contributed by atoms with Crippen LogP contribution in [-0.2, 0) is 4.74 Å². The highest BCUT2D eigenvalue weighted by Gasteiger charge is 2.05. The van der Waals surface area contributed by atoms with Crippen LogP contribution in [0.3, 0.4) is 0 Å². The van der Waals surface area contributed by atoms with Crippen LogP contribution in [-0.4, -0.2) is 19.3 Å². The van der Waals surface area contributed by atoms with Crippen molar-refractivity contribution < 1.29 is 4.74 Å². The zero-order chi connectivity index (χ0) is 12.0. The van der Waals surface area contributed by atoms with Crippen LogP contribution in [0.2, 0.25) is 5.02 Å². The molecule has 0 radical (unpaired) electrons. The molecule has 0 amide bonds. The maximum atomic E-state index is 8.93. The second-order valence-electron chi connectivity index (χ2n) is 3.45. The van der Waals surface area contributed by atoms with Crippen molar-refractivity contribution in [3.05, 3.63) is 28.8 Å². The Balaban J connectivity index is 2.64. The maximum absolute atomic E-state index is 8.93. The molecule has 1 aromatic rings. The van der Waals surface area contributed by atoms with E-state index < -0.39 is 0 Å². The molecule has 16 heavy (non-hydrogen) atoms. The minimum absolute atomic E-state index is 0.118. The van der Waals surface area contributed by atoms with Gasteiger partial charge >= 0.3 is 0 Å². The minimum Gasteiger partial charge on any atom is -0.381 e. The van der Waals surface area contributed by atoms with Gasteiger partial charge in [0.25, 0.3) is 0 Å². The summed E-state index contributed by atoms with van der Waals surface area (Å²) in [4.78, 5) is 0. The van der Waals surface area contributed by atoms with E-state index in [-0.39, 0.29) is 6.10 Å². The molecule has 1 N–H and O–H groups in total. The SMILES string of the molecule is CCOC(C)CNc1ccc(Cl)cc1C#N. The molecule has 3 nitrogen and oxygen atoms in total. The molecule has 0 heterocycles. The minimum atomic E-state index is 0.118. The topological polar surface area (TPSA) is 45.0 Å². The highest BCUT2D eigenvalue weighted by molar-refractivity contribution is 6.30. The number of hydrogen-bond acceptors (Lipinski definition) is 3. The molecule has 0 aliphatic heterocycles. The van der Waals surface area contributed by atoms with Crippen LogP contribution in [0.5, 0.6) is 0 Å². The highest BCUT2D eigenvalue weighted by atomic mass is 35.5. The summed E-state index contributed by atoms with van der Waals surface area (Å²) in [6.07, 6.45) is 0.118. The van der Waals surface area contributed by atoms with E-state index in [1.54, 1.807) is 18.2 Å². The van der Waals surface area contributed by atoms with Crippen LogP contribution in [0, 0.1) is 11.3 Å². The Bertz CT molecular complexity index is 387. The van der Waals surface area contributed by atoms with E-state index in [1.165, 1.54) is 0 Å². The van der Waals surface area contributed by atoms with E-state index in [4.69, 9.17) is 21.6 Å². The third-order valence-electron chi connectivity index (χ3n) is 2.13. The summed E-state index contributed by atoms with van der Waals surface area (Å²) in [6.45, 7) is 5.30. The maximum Gasteiger partial charge on any atom is 0.101 e. The zero-order valence-electron chi connectivity index (χ0n) is 9.46. The zero-order valence-corrected chi connectivity index (χ0v) is 10.2. The Kier molecular flexibility index (Phi) is 5.10. The normalized spacial score (nSPS) is 11.9. The second-order valence-corrected chi connectivity index (χ2v) is 3.89. The van der Waals surface area contributed by atoms with Crippen LogP contribution in [0.1, 0.15) is 19.4 Å². The van der Waals surface area contributed by atoms with Gasteiger partial charge in [0.05, 0.1) is 17.4 Å². The van der Waals surface area contributed by atoms with Gasteiger partial charge in [-0.1, -0.05) is 11.6 Å². The van der Waals surface area contributed by atoms with Crippen molar-refractivity contribution in [1.29, 1.82) is 5.26 Å². The summed E-state index contributed by atoms with van der Waals surface area (Å²) in [5.41, 5.74) is 1.34. The fourth-order valence-corrected chi connectivity index (χ4v) is 1.53. The molecule has 1 aromatic carbocycles. The van der Waals surface area contributed by atoms with Gasteiger partial charge in [0.2, 0.25) is 0 Å². The van der Waals surface area contributed by atoms with Gasteiger partial charge in [0, 0.05) is 18.2 Å². The Labute approximate surface area is 101 Å². The third-order valence-corrected chi connectivity index (χ3v) is 2.37. The van der Waals surface area contributed by atoms with E-state index in [0.29, 0.717) is 23.7 Å². The van der Waals surface area contributed by atoms with Crippen molar-refractivity contribution in [1.82, 2.24) is 0 Å². The molecule has 0 saturated carbocycles. The summed E-state index contributed by atoms with van der Waals surface area (Å²) >= 11 is 5.80. The van der Waals surface area contributed by atoms with Crippen LogP contribution in [0.4, 0.5) is 5.69 Å². The van der Waals surface area contributed by atoms with Crippen LogP contribution in [0.15, 0.2) is 18.2 Å². The Hall–Kier alpha value is -1.24. The van der Waals surface area contributed by atoms with Crippen molar-refractivity contribution in [2.45, 2.75) is 20.0 Å². The molecule has 0 aliphatic rings. The van der Waals surface area contributed by atoms with Crippen LogP contribution < -0.4 is 5.32 Å². The first-order chi connectivity index (χ1) is 7.67. The van der Waals surface area contributed by atoms with E-state index >= 15 is 0 Å². The molecule has 0 aliphatic carbocycles. The number of halogens is 1. The molecule has 0 saturated heterocycles. The molecular formula is C12H15ClN2O. The van der Waals surface area contributed by atoms with Crippen LogP contribution in [0.25, 0.3) is 0 Å². The van der Waals surface area contributed by atoms with Crippen LogP contribution >= 0.6 is 11.6 Å². The van der Waals surface area contributed by atoms with Gasteiger partial charge in [-0.05, 0) is 32.0 Å². The lowest BCUT2D eigenvalue weighted by molar-refractivity contribution is 0.0855. The smallest absolute Gasteiger partial charge is 0.101 e. The largest absolute Gasteiger partial charge is 0.381 e. The summed E-state index contributed by atoms with van der Waals surface area (Å²) in [6, 6.07) is 7.32. The van der Waals surface area contributed by atoms with Gasteiger partial charge in [-0.25, -0.2) is 0 Å². The van der Waals surface area contributed by atoms with Crippen molar-refractivity contribution in [3.8, 4) is 6.07 Å². The lowest BCUT2D eigenvalue weighted by atomic mass is 10.2. The van der Waals surface area contributed by atoms with Gasteiger partial charge in [-0.2, -0.15) is 5.26 Å². The quantitative estimate of drug-likeness (QED) is 0.858. The molecule has 0 spiro atoms. The van der Waals surface area contributed by atoms with E-state index in [1.807, 2.05) is 13.8 Å². The molecule has 4 heteroatoms. The molecule has 0 fully saturated rings. The molecule has 86 valence electrons. The average molecular weight is 239 g/mol. The molecule has 1 atom stereocenters. The lowest BCUT2D eigenvalue weighted by Crippen LogP contribution is -2.20. The fourth-order valence-electron chi connectivity index (χ4n) is 1.36. The van der Waals surface area contributed by atoms with Gasteiger partial charge in [-0.15, -0.1) is 0 Å². The molecule has 1 unspecified atom stereocenters. The lowest BCUT2D eigenvalue weighted by Gasteiger charge is -2.14. The first-order valence-electron chi connectivity index (χ1n) is 5.22. The summed E-state index contributed by atoms with van der Waals surface area (Å²) in [5, 5.41) is 12.7. The van der Waals surface area contributed by atoms with E-state index in [2.05, 4.69) is 11.4 Å². The Morgan fingerprint density at radius 2 is 2.31 bits per heavy atom. The van der Waals surface area contributed by atoms with E-state index in [9.17, 15) is 0 Å². The number of hydrogen-bond donors (Lipinski definition) is 1. The number of ether oxygens (including phenoxy) is 1. The van der Waals surface area contributed by atoms with Gasteiger partial charge in [-0.3, -0.25) is 0 Å². The van der Waals surface area contributed by atoms with E-state index in [0.717, 1.165) is 5.69 Å². The predicted octanol–water partition coefficient (Wildman–Crippen LogP) is 3.05. The second kappa shape index (κ2) is 6.37. The Morgan fingerprint density at radius 1 is 1.56 bits per heavy atom. The predicted molar refractivity (Wildman–Crippen MR) is 65.7 cm³/mol. The first kappa shape index (κ1) is 12.8. The molecule has 0 aromatic heterocycles. The number of benzene rings is 1. The van der Waals surface area contributed by atoms with Gasteiger partial charge in [0.15, 0.2) is 0 Å². The molecular weight excluding hydrogens is 224 g/mol. The number of nitriles is 1. The van der Waals surface area contributed by atoms with Gasteiger partial charge < -0.3 is 10.1 Å². The van der Waals surface area contributed by atoms with Crippen molar-refractivity contribution in [2.75, 3.05) is 18.5 Å². The number of nitrogens with one attached hydrogen (secondary N) is 1. The average Bonchev–Trinajstić information content (AvgIpc) is 2.27. The summed E-state index contributed by atoms with van der Waals surface area (Å²) in [7, 11) is 0. The third kappa shape index (κ3) is 3.73. The van der Waals surface area contributed by atoms with Gasteiger partial charge in [0.1, 0.15) is 6.07 Å². The van der Waals surface area contributed by atoms with Crippen molar-refractivity contribution in [3.63, 3.8) is 0 Å². The number of nitrogens with zero attached hydrogens (tertiary/aromatic N) is 1. The molecule has 1 rings (SSSR count). The fraction of sp³-hybridized carbons (Fsp3) is 0.417. The standard InChI is InChI=1S/C12H15ClN2O/c1-3-16-9(2)8-15-12-5-4-11(13)6-10(12)7-14/h4-6,9,15H,3,8H2,1-2H3. The summed E-state index contributed by atoms with van der Waals surface area (Å²) < 4.78 is 5.39. The number of rotatable bonds is 5. The molecule has 0 bridgehead atoms.